The summed E-state index contributed by atoms with van der Waals surface area (Å²) in [6.07, 6.45) is 0.674. The minimum Gasteiger partial charge on any atom is -0.390 e. The number of piperazine rings is 1. The normalized spacial score (nSPS) is 40.2. The van der Waals surface area contributed by atoms with Crippen LogP contribution in [0.4, 0.5) is 0 Å². The number of aliphatic hydroxyl groups excluding tert-OH is 1. The number of rotatable bonds is 1. The van der Waals surface area contributed by atoms with Crippen LogP contribution in [-0.2, 0) is 14.6 Å². The molecule has 3 aliphatic heterocycles. The Morgan fingerprint density at radius 2 is 2.00 bits per heavy atom. The van der Waals surface area contributed by atoms with Gasteiger partial charge >= 0.3 is 0 Å². The second-order valence-corrected chi connectivity index (χ2v) is 7.64. The fourth-order valence-electron chi connectivity index (χ4n) is 3.35. The summed E-state index contributed by atoms with van der Waals surface area (Å²) in [4.78, 5) is 15.5. The summed E-state index contributed by atoms with van der Waals surface area (Å²) in [6, 6.07) is -0.0744. The smallest absolute Gasteiger partial charge is 0.222 e. The molecule has 102 valence electrons. The molecule has 7 heteroatoms. The van der Waals surface area contributed by atoms with E-state index in [9.17, 15) is 18.3 Å². The standard InChI is InChI=1S/C11H18N2O4S/c14-10-7-18(16,17)6-9(10)12-3-4-13-8(5-12)1-2-11(13)15/h8-10,14H,1-7H2. The van der Waals surface area contributed by atoms with Crippen LogP contribution >= 0.6 is 0 Å². The number of sulfone groups is 1. The molecule has 3 unspecified atom stereocenters. The summed E-state index contributed by atoms with van der Waals surface area (Å²) in [5.74, 6) is 0.135. The molecule has 6 nitrogen and oxygen atoms in total. The predicted molar refractivity (Wildman–Crippen MR) is 64.8 cm³/mol. The number of aliphatic hydroxyl groups is 1. The Kier molecular flexibility index (Phi) is 2.87. The van der Waals surface area contributed by atoms with Gasteiger partial charge in [-0.3, -0.25) is 9.69 Å². The first-order valence-electron chi connectivity index (χ1n) is 6.38. The Balaban J connectivity index is 1.70. The Hall–Kier alpha value is -0.660. The number of hydrogen-bond acceptors (Lipinski definition) is 5. The van der Waals surface area contributed by atoms with Gasteiger partial charge in [-0.1, -0.05) is 0 Å². The van der Waals surface area contributed by atoms with E-state index in [0.29, 0.717) is 26.1 Å². The third-order valence-electron chi connectivity index (χ3n) is 4.29. The first kappa shape index (κ1) is 12.4. The van der Waals surface area contributed by atoms with E-state index in [1.807, 2.05) is 4.90 Å². The van der Waals surface area contributed by atoms with Gasteiger partial charge in [0.15, 0.2) is 9.84 Å². The first-order chi connectivity index (χ1) is 8.46. The van der Waals surface area contributed by atoms with Crippen molar-refractivity contribution in [2.75, 3.05) is 31.1 Å². The molecule has 3 atom stereocenters. The Morgan fingerprint density at radius 1 is 1.22 bits per heavy atom. The van der Waals surface area contributed by atoms with Gasteiger partial charge in [0.05, 0.1) is 23.7 Å². The predicted octanol–water partition coefficient (Wildman–Crippen LogP) is -1.55. The first-order valence-corrected chi connectivity index (χ1v) is 8.20. The minimum atomic E-state index is -3.10. The van der Waals surface area contributed by atoms with Gasteiger partial charge in [0.1, 0.15) is 0 Å². The Morgan fingerprint density at radius 3 is 2.67 bits per heavy atom. The molecule has 0 aromatic carbocycles. The molecule has 0 spiro atoms. The highest BCUT2D eigenvalue weighted by atomic mass is 32.2. The maximum Gasteiger partial charge on any atom is 0.222 e. The number of fused-ring (bicyclic) bond motifs is 1. The molecule has 0 aliphatic carbocycles. The monoisotopic (exact) mass is 274 g/mol. The van der Waals surface area contributed by atoms with Crippen LogP contribution in [0.15, 0.2) is 0 Å². The van der Waals surface area contributed by atoms with Crippen LogP contribution in [0.1, 0.15) is 12.8 Å². The van der Waals surface area contributed by atoms with E-state index in [1.165, 1.54) is 0 Å². The second-order valence-electron chi connectivity index (χ2n) is 5.49. The number of nitrogens with zero attached hydrogens (tertiary/aromatic N) is 2. The second kappa shape index (κ2) is 4.18. The molecule has 3 heterocycles. The van der Waals surface area contributed by atoms with Gasteiger partial charge < -0.3 is 10.0 Å². The van der Waals surface area contributed by atoms with Crippen molar-refractivity contribution in [3.8, 4) is 0 Å². The SMILES string of the molecule is O=C1CCC2CN(C3CS(=O)(=O)CC3O)CCN12. The topological polar surface area (TPSA) is 77.9 Å². The molecule has 0 bridgehead atoms. The van der Waals surface area contributed by atoms with Crippen LogP contribution in [0.25, 0.3) is 0 Å². The molecule has 0 aromatic rings. The van der Waals surface area contributed by atoms with Gasteiger partial charge in [-0.15, -0.1) is 0 Å². The highest BCUT2D eigenvalue weighted by molar-refractivity contribution is 7.91. The highest BCUT2D eigenvalue weighted by Gasteiger charge is 2.44. The summed E-state index contributed by atoms with van der Waals surface area (Å²) >= 11 is 0. The van der Waals surface area contributed by atoms with Crippen molar-refractivity contribution in [1.82, 2.24) is 9.80 Å². The van der Waals surface area contributed by atoms with E-state index in [1.54, 1.807) is 0 Å². The van der Waals surface area contributed by atoms with E-state index in [0.717, 1.165) is 6.42 Å². The zero-order valence-electron chi connectivity index (χ0n) is 10.2. The lowest BCUT2D eigenvalue weighted by atomic mass is 10.1. The van der Waals surface area contributed by atoms with Gasteiger partial charge in [-0.2, -0.15) is 0 Å². The average molecular weight is 274 g/mol. The van der Waals surface area contributed by atoms with E-state index in [2.05, 4.69) is 4.90 Å². The van der Waals surface area contributed by atoms with Crippen molar-refractivity contribution >= 4 is 15.7 Å². The lowest BCUT2D eigenvalue weighted by Crippen LogP contribution is -2.56. The van der Waals surface area contributed by atoms with Crippen LogP contribution in [0.5, 0.6) is 0 Å². The van der Waals surface area contributed by atoms with Crippen molar-refractivity contribution in [3.05, 3.63) is 0 Å². The van der Waals surface area contributed by atoms with Crippen molar-refractivity contribution < 1.29 is 18.3 Å². The Labute approximate surface area is 106 Å². The molecule has 1 amide bonds. The van der Waals surface area contributed by atoms with Crippen molar-refractivity contribution in [3.63, 3.8) is 0 Å². The van der Waals surface area contributed by atoms with Gasteiger partial charge in [0.25, 0.3) is 0 Å². The lowest BCUT2D eigenvalue weighted by Gasteiger charge is -2.41. The van der Waals surface area contributed by atoms with Crippen LogP contribution < -0.4 is 0 Å². The number of carbonyl (C=O) groups is 1. The molecule has 0 aromatic heterocycles. The zero-order valence-corrected chi connectivity index (χ0v) is 11.0. The van der Waals surface area contributed by atoms with E-state index in [-0.39, 0.29) is 29.5 Å². The van der Waals surface area contributed by atoms with Crippen LogP contribution in [0, 0.1) is 0 Å². The van der Waals surface area contributed by atoms with E-state index >= 15 is 0 Å². The fourth-order valence-corrected chi connectivity index (χ4v) is 5.18. The van der Waals surface area contributed by atoms with Crippen molar-refractivity contribution in [1.29, 1.82) is 0 Å². The van der Waals surface area contributed by atoms with Gasteiger partial charge in [0, 0.05) is 32.1 Å². The number of hydrogen-bond donors (Lipinski definition) is 1. The maximum atomic E-state index is 11.6. The summed E-state index contributed by atoms with van der Waals surface area (Å²) < 4.78 is 23.0. The van der Waals surface area contributed by atoms with Crippen LogP contribution in [0.2, 0.25) is 0 Å². The molecule has 3 saturated heterocycles. The quantitative estimate of drug-likeness (QED) is 0.626. The summed E-state index contributed by atoms with van der Waals surface area (Å²) in [5, 5.41) is 9.87. The highest BCUT2D eigenvalue weighted by Crippen LogP contribution is 2.27. The van der Waals surface area contributed by atoms with Gasteiger partial charge in [-0.25, -0.2) is 8.42 Å². The van der Waals surface area contributed by atoms with Crippen molar-refractivity contribution in [2.45, 2.75) is 31.0 Å². The van der Waals surface area contributed by atoms with Gasteiger partial charge in [0.2, 0.25) is 5.91 Å². The molecule has 3 fully saturated rings. The summed E-state index contributed by atoms with van der Waals surface area (Å²) in [6.45, 7) is 2.02. The molecule has 18 heavy (non-hydrogen) atoms. The summed E-state index contributed by atoms with van der Waals surface area (Å²) in [5.41, 5.74) is 0. The third kappa shape index (κ3) is 2.04. The molecule has 0 saturated carbocycles. The molecule has 0 radical (unpaired) electrons. The molecular weight excluding hydrogens is 256 g/mol. The maximum absolute atomic E-state index is 11.6. The minimum absolute atomic E-state index is 0.0504. The van der Waals surface area contributed by atoms with Crippen molar-refractivity contribution in [2.24, 2.45) is 0 Å². The average Bonchev–Trinajstić information content (AvgIpc) is 2.79. The van der Waals surface area contributed by atoms with Crippen LogP contribution in [0.3, 0.4) is 0 Å². The molecular formula is C11H18N2O4S. The Bertz CT molecular complexity index is 464. The van der Waals surface area contributed by atoms with Crippen LogP contribution in [-0.4, -0.2) is 78.6 Å². The van der Waals surface area contributed by atoms with E-state index in [4.69, 9.17) is 0 Å². The zero-order chi connectivity index (χ0) is 12.9. The summed E-state index contributed by atoms with van der Waals surface area (Å²) in [7, 11) is -3.10. The lowest BCUT2D eigenvalue weighted by molar-refractivity contribution is -0.131. The third-order valence-corrected chi connectivity index (χ3v) is 5.99. The number of amides is 1. The van der Waals surface area contributed by atoms with E-state index < -0.39 is 15.9 Å². The van der Waals surface area contributed by atoms with Gasteiger partial charge in [-0.05, 0) is 6.42 Å². The largest absolute Gasteiger partial charge is 0.390 e. The fraction of sp³-hybridized carbons (Fsp3) is 0.909. The molecule has 3 aliphatic rings. The molecule has 1 N–H and O–H groups in total. The number of carbonyl (C=O) groups excluding carboxylic acids is 1. The molecule has 3 rings (SSSR count).